The molecular formula is C19H19BrN4O2S. The van der Waals surface area contributed by atoms with Crippen molar-refractivity contribution in [3.05, 3.63) is 68.8 Å². The molecule has 0 saturated heterocycles. The molecule has 3 aromatic rings. The van der Waals surface area contributed by atoms with E-state index in [4.69, 9.17) is 0 Å². The molecule has 0 aliphatic carbocycles. The predicted molar refractivity (Wildman–Crippen MR) is 110 cm³/mol. The Balaban J connectivity index is 1.55. The van der Waals surface area contributed by atoms with Gasteiger partial charge in [-0.3, -0.25) is 9.59 Å². The molecule has 1 unspecified atom stereocenters. The summed E-state index contributed by atoms with van der Waals surface area (Å²) in [6.45, 7) is 4.34. The van der Waals surface area contributed by atoms with Gasteiger partial charge < -0.3 is 15.2 Å². The van der Waals surface area contributed by atoms with E-state index in [0.717, 1.165) is 21.7 Å². The number of benzene rings is 1. The number of imidazole rings is 1. The van der Waals surface area contributed by atoms with Gasteiger partial charge in [-0.2, -0.15) is 0 Å². The average Bonchev–Trinajstić information content (AvgIpc) is 3.25. The second-order valence-electron chi connectivity index (χ2n) is 6.09. The maximum atomic E-state index is 12.3. The number of aromatic nitrogens is 2. The van der Waals surface area contributed by atoms with Crippen LogP contribution in [0.15, 0.2) is 52.6 Å². The largest absolute Gasteiger partial charge is 0.340 e. The zero-order valence-corrected chi connectivity index (χ0v) is 17.3. The van der Waals surface area contributed by atoms with Crippen LogP contribution in [-0.4, -0.2) is 27.4 Å². The highest BCUT2D eigenvalue weighted by molar-refractivity contribution is 9.11. The van der Waals surface area contributed by atoms with Crippen LogP contribution >= 0.6 is 27.3 Å². The van der Waals surface area contributed by atoms with Crippen molar-refractivity contribution in [3.63, 3.8) is 0 Å². The molecule has 0 radical (unpaired) electrons. The van der Waals surface area contributed by atoms with Crippen molar-refractivity contribution in [1.29, 1.82) is 0 Å². The lowest BCUT2D eigenvalue weighted by molar-refractivity contribution is -0.117. The number of carbonyl (C=O) groups is 2. The molecule has 2 aromatic heterocycles. The minimum absolute atomic E-state index is 0.264. The molecule has 1 atom stereocenters. The van der Waals surface area contributed by atoms with Gasteiger partial charge in [-0.15, -0.1) is 11.3 Å². The highest BCUT2D eigenvalue weighted by Gasteiger charge is 2.17. The smallest absolute Gasteiger partial charge is 0.262 e. The van der Waals surface area contributed by atoms with Crippen LogP contribution < -0.4 is 10.6 Å². The van der Waals surface area contributed by atoms with Gasteiger partial charge >= 0.3 is 0 Å². The first-order valence-corrected chi connectivity index (χ1v) is 9.97. The van der Waals surface area contributed by atoms with Crippen LogP contribution in [0.1, 0.15) is 28.0 Å². The topological polar surface area (TPSA) is 76.0 Å². The van der Waals surface area contributed by atoms with Gasteiger partial charge in [0.15, 0.2) is 0 Å². The molecule has 0 saturated carbocycles. The third-order valence-corrected chi connectivity index (χ3v) is 5.66. The van der Waals surface area contributed by atoms with Crippen molar-refractivity contribution in [2.24, 2.45) is 0 Å². The number of anilines is 1. The van der Waals surface area contributed by atoms with E-state index in [1.807, 2.05) is 42.0 Å². The number of nitrogens with one attached hydrogen (secondary N) is 2. The minimum Gasteiger partial charge on any atom is -0.340 e. The van der Waals surface area contributed by atoms with Crippen LogP contribution in [0.4, 0.5) is 5.69 Å². The lowest BCUT2D eigenvalue weighted by atomic mass is 10.2. The van der Waals surface area contributed by atoms with Gasteiger partial charge in [-0.25, -0.2) is 4.98 Å². The first-order chi connectivity index (χ1) is 12.9. The predicted octanol–water partition coefficient (Wildman–Crippen LogP) is 3.82. The fraction of sp³-hybridized carbons (Fsp3) is 0.211. The second-order valence-corrected chi connectivity index (χ2v) is 8.55. The summed E-state index contributed by atoms with van der Waals surface area (Å²) in [4.78, 5) is 29.2. The fourth-order valence-corrected chi connectivity index (χ4v) is 3.77. The van der Waals surface area contributed by atoms with E-state index in [9.17, 15) is 9.59 Å². The molecule has 1 aromatic carbocycles. The SMILES string of the molecule is Cc1nccn1Cc1ccc(NC(=O)C(C)NC(=O)c2ccc(Br)s2)cc1. The second kappa shape index (κ2) is 8.49. The molecular weight excluding hydrogens is 428 g/mol. The van der Waals surface area contributed by atoms with Crippen LogP contribution in [0.5, 0.6) is 0 Å². The summed E-state index contributed by atoms with van der Waals surface area (Å²) in [5.74, 6) is 0.422. The monoisotopic (exact) mass is 446 g/mol. The van der Waals surface area contributed by atoms with Crippen molar-refractivity contribution in [2.45, 2.75) is 26.4 Å². The van der Waals surface area contributed by atoms with Gasteiger partial charge in [0.25, 0.3) is 5.91 Å². The molecule has 140 valence electrons. The Morgan fingerprint density at radius 1 is 1.22 bits per heavy atom. The van der Waals surface area contributed by atoms with Gasteiger partial charge in [-0.1, -0.05) is 12.1 Å². The van der Waals surface area contributed by atoms with Gasteiger partial charge in [0, 0.05) is 24.6 Å². The number of nitrogens with zero attached hydrogens (tertiary/aromatic N) is 2. The molecule has 2 amide bonds. The zero-order valence-electron chi connectivity index (χ0n) is 14.9. The van der Waals surface area contributed by atoms with Crippen LogP contribution in [0, 0.1) is 6.92 Å². The van der Waals surface area contributed by atoms with Crippen molar-refractivity contribution >= 4 is 44.8 Å². The van der Waals surface area contributed by atoms with Crippen LogP contribution in [0.3, 0.4) is 0 Å². The number of rotatable bonds is 6. The van der Waals surface area contributed by atoms with Crippen LogP contribution in [0.25, 0.3) is 0 Å². The lowest BCUT2D eigenvalue weighted by Crippen LogP contribution is -2.41. The standard InChI is InChI=1S/C19H19BrN4O2S/c1-12(22-19(26)16-7-8-17(20)27-16)18(25)23-15-5-3-14(4-6-15)11-24-10-9-21-13(24)2/h3-10,12H,11H2,1-2H3,(H,22,26)(H,23,25). The fourth-order valence-electron chi connectivity index (χ4n) is 2.48. The van der Waals surface area contributed by atoms with Gasteiger partial charge in [0.1, 0.15) is 11.9 Å². The molecule has 0 spiro atoms. The van der Waals surface area contributed by atoms with E-state index < -0.39 is 6.04 Å². The summed E-state index contributed by atoms with van der Waals surface area (Å²) in [5.41, 5.74) is 1.80. The highest BCUT2D eigenvalue weighted by atomic mass is 79.9. The van der Waals surface area contributed by atoms with Gasteiger partial charge in [-0.05, 0) is 59.6 Å². The molecule has 3 rings (SSSR count). The van der Waals surface area contributed by atoms with E-state index in [1.54, 1.807) is 25.3 Å². The minimum atomic E-state index is -0.647. The van der Waals surface area contributed by atoms with Gasteiger partial charge in [0.05, 0.1) is 8.66 Å². The maximum absolute atomic E-state index is 12.3. The van der Waals surface area contributed by atoms with E-state index in [-0.39, 0.29) is 11.8 Å². The number of hydrogen-bond donors (Lipinski definition) is 2. The molecule has 0 fully saturated rings. The number of aryl methyl sites for hydroxylation is 1. The third-order valence-electron chi connectivity index (χ3n) is 4.04. The Labute approximate surface area is 169 Å². The van der Waals surface area contributed by atoms with Crippen molar-refractivity contribution in [2.75, 3.05) is 5.32 Å². The van der Waals surface area contributed by atoms with Crippen molar-refractivity contribution < 1.29 is 9.59 Å². The Morgan fingerprint density at radius 3 is 2.56 bits per heavy atom. The summed E-state index contributed by atoms with van der Waals surface area (Å²) in [5, 5.41) is 5.53. The highest BCUT2D eigenvalue weighted by Crippen LogP contribution is 2.22. The Bertz CT molecular complexity index is 949. The molecule has 2 N–H and O–H groups in total. The molecule has 2 heterocycles. The number of carbonyl (C=O) groups excluding carboxylic acids is 2. The Morgan fingerprint density at radius 2 is 1.96 bits per heavy atom. The van der Waals surface area contributed by atoms with Crippen molar-refractivity contribution in [1.82, 2.24) is 14.9 Å². The van der Waals surface area contributed by atoms with Gasteiger partial charge in [0.2, 0.25) is 5.91 Å². The van der Waals surface area contributed by atoms with Crippen molar-refractivity contribution in [3.8, 4) is 0 Å². The summed E-state index contributed by atoms with van der Waals surface area (Å²) in [6.07, 6.45) is 3.70. The normalized spacial score (nSPS) is 11.8. The van der Waals surface area contributed by atoms with E-state index in [0.29, 0.717) is 10.6 Å². The average molecular weight is 447 g/mol. The lowest BCUT2D eigenvalue weighted by Gasteiger charge is -2.14. The molecule has 27 heavy (non-hydrogen) atoms. The summed E-state index contributed by atoms with van der Waals surface area (Å²) < 4.78 is 2.92. The quantitative estimate of drug-likeness (QED) is 0.603. The number of hydrogen-bond acceptors (Lipinski definition) is 4. The van der Waals surface area contributed by atoms with E-state index in [2.05, 4.69) is 31.5 Å². The number of amides is 2. The molecule has 0 bridgehead atoms. The van der Waals surface area contributed by atoms with Crippen LogP contribution in [0.2, 0.25) is 0 Å². The zero-order chi connectivity index (χ0) is 19.4. The first kappa shape index (κ1) is 19.3. The number of thiophene rings is 1. The maximum Gasteiger partial charge on any atom is 0.262 e. The number of halogens is 1. The van der Waals surface area contributed by atoms with Crippen LogP contribution in [-0.2, 0) is 11.3 Å². The third kappa shape index (κ3) is 5.05. The van der Waals surface area contributed by atoms with E-state index in [1.165, 1.54) is 11.3 Å². The molecule has 6 nitrogen and oxygen atoms in total. The molecule has 8 heteroatoms. The summed E-state index contributed by atoms with van der Waals surface area (Å²) >= 11 is 4.65. The first-order valence-electron chi connectivity index (χ1n) is 8.36. The summed E-state index contributed by atoms with van der Waals surface area (Å²) in [6, 6.07) is 10.5. The molecule has 0 aliphatic rings. The summed E-state index contributed by atoms with van der Waals surface area (Å²) in [7, 11) is 0. The Kier molecular flexibility index (Phi) is 6.08. The molecule has 0 aliphatic heterocycles. The van der Waals surface area contributed by atoms with E-state index >= 15 is 0 Å². The Hall–Kier alpha value is -2.45.